The number of aliphatic hydroxyl groups excluding tert-OH is 7. The molecule has 382 valence electrons. The fourth-order valence-corrected chi connectivity index (χ4v) is 15.1. The van der Waals surface area contributed by atoms with Gasteiger partial charge in [0, 0.05) is 6.42 Å². The lowest BCUT2D eigenvalue weighted by Gasteiger charge is -2.71. The van der Waals surface area contributed by atoms with E-state index in [1.54, 1.807) is 6.92 Å². The molecular formula is C51H82O16. The van der Waals surface area contributed by atoms with Gasteiger partial charge < -0.3 is 68.9 Å². The third kappa shape index (κ3) is 8.68. The van der Waals surface area contributed by atoms with E-state index in [0.717, 1.165) is 44.9 Å². The highest BCUT2D eigenvalue weighted by Crippen LogP contribution is 2.76. The number of hydrogen-bond donors (Lipinski definition) is 7. The van der Waals surface area contributed by atoms with Gasteiger partial charge in [-0.1, -0.05) is 74.0 Å². The Labute approximate surface area is 396 Å². The molecule has 0 spiro atoms. The van der Waals surface area contributed by atoms with Gasteiger partial charge in [0.15, 0.2) is 24.8 Å². The molecule has 8 aliphatic rings. The molecule has 0 aromatic heterocycles. The summed E-state index contributed by atoms with van der Waals surface area (Å²) in [6, 6.07) is 0. The van der Waals surface area contributed by atoms with Crippen molar-refractivity contribution in [1.82, 2.24) is 0 Å². The fourth-order valence-electron chi connectivity index (χ4n) is 15.1. The van der Waals surface area contributed by atoms with Crippen molar-refractivity contribution in [2.75, 3.05) is 13.2 Å². The van der Waals surface area contributed by atoms with Crippen LogP contribution in [0.1, 0.15) is 140 Å². The summed E-state index contributed by atoms with van der Waals surface area (Å²) in [5.74, 6) is -0.462. The highest BCUT2D eigenvalue weighted by atomic mass is 16.8. The first-order chi connectivity index (χ1) is 31.2. The van der Waals surface area contributed by atoms with Crippen molar-refractivity contribution in [2.24, 2.45) is 56.2 Å². The summed E-state index contributed by atoms with van der Waals surface area (Å²) in [6.45, 7) is 21.4. The molecule has 21 unspecified atom stereocenters. The third-order valence-corrected chi connectivity index (χ3v) is 19.3. The van der Waals surface area contributed by atoms with E-state index in [2.05, 4.69) is 54.5 Å². The van der Waals surface area contributed by atoms with Crippen molar-refractivity contribution in [3.8, 4) is 0 Å². The summed E-state index contributed by atoms with van der Waals surface area (Å²) in [6.07, 6.45) is -7.01. The molecule has 3 saturated heterocycles. The Hall–Kier alpha value is -1.80. The maximum Gasteiger partial charge on any atom is 0.315 e. The van der Waals surface area contributed by atoms with Gasteiger partial charge in [0.1, 0.15) is 42.7 Å². The van der Waals surface area contributed by atoms with Crippen molar-refractivity contribution < 1.29 is 78.5 Å². The minimum atomic E-state index is -1.60. The molecule has 0 bridgehead atoms. The van der Waals surface area contributed by atoms with E-state index < -0.39 is 97.3 Å². The molecule has 67 heavy (non-hydrogen) atoms. The maximum atomic E-state index is 15.0. The van der Waals surface area contributed by atoms with Gasteiger partial charge >= 0.3 is 11.9 Å². The first-order valence-electron chi connectivity index (χ1n) is 25.3. The van der Waals surface area contributed by atoms with Gasteiger partial charge in [0.25, 0.3) is 0 Å². The summed E-state index contributed by atoms with van der Waals surface area (Å²) in [7, 11) is 0. The van der Waals surface area contributed by atoms with Gasteiger partial charge in [-0.3, -0.25) is 9.59 Å². The first kappa shape index (κ1) is 51.6. The number of fused-ring (bicyclic) bond motifs is 7. The second kappa shape index (κ2) is 18.4. The molecule has 8 rings (SSSR count). The van der Waals surface area contributed by atoms with Crippen LogP contribution < -0.4 is 0 Å². The van der Waals surface area contributed by atoms with E-state index in [1.807, 2.05) is 13.8 Å². The molecule has 0 amide bonds. The smallest absolute Gasteiger partial charge is 0.315 e. The third-order valence-electron chi connectivity index (χ3n) is 19.3. The van der Waals surface area contributed by atoms with E-state index in [0.29, 0.717) is 25.2 Å². The van der Waals surface area contributed by atoms with Crippen molar-refractivity contribution in [3.63, 3.8) is 0 Å². The van der Waals surface area contributed by atoms with Gasteiger partial charge in [-0.05, 0) is 122 Å². The van der Waals surface area contributed by atoms with Crippen molar-refractivity contribution in [1.29, 1.82) is 0 Å². The van der Waals surface area contributed by atoms with Gasteiger partial charge in [-0.15, -0.1) is 0 Å². The lowest BCUT2D eigenvalue weighted by molar-refractivity contribution is -0.357. The Balaban J connectivity index is 1.02. The number of carbonyl (C=O) groups excluding carboxylic acids is 2. The minimum Gasteiger partial charge on any atom is -0.456 e. The van der Waals surface area contributed by atoms with E-state index in [1.165, 1.54) is 5.57 Å². The topological polar surface area (TPSA) is 240 Å². The predicted octanol–water partition coefficient (Wildman–Crippen LogP) is 4.04. The molecular weight excluding hydrogens is 869 g/mol. The lowest BCUT2D eigenvalue weighted by atomic mass is 9.33. The number of allylic oxidation sites excluding steroid dienone is 2. The number of esters is 2. The van der Waals surface area contributed by atoms with Gasteiger partial charge in [0.2, 0.25) is 6.29 Å². The number of aliphatic hydroxyl groups is 7. The summed E-state index contributed by atoms with van der Waals surface area (Å²) >= 11 is 0. The molecule has 4 saturated carbocycles. The van der Waals surface area contributed by atoms with Gasteiger partial charge in [-0.2, -0.15) is 0 Å². The van der Waals surface area contributed by atoms with E-state index in [-0.39, 0.29) is 70.6 Å². The van der Waals surface area contributed by atoms with Crippen LogP contribution >= 0.6 is 0 Å². The molecule has 7 fully saturated rings. The number of carbonyl (C=O) groups is 2. The zero-order valence-corrected chi connectivity index (χ0v) is 41.5. The minimum absolute atomic E-state index is 0.0173. The average molecular weight is 951 g/mol. The average Bonchev–Trinajstić information content (AvgIpc) is 3.24. The monoisotopic (exact) mass is 951 g/mol. The molecule has 3 aliphatic heterocycles. The molecule has 3 heterocycles. The highest BCUT2D eigenvalue weighted by Gasteiger charge is 2.70. The number of ether oxygens (including phenoxy) is 7. The van der Waals surface area contributed by atoms with Crippen molar-refractivity contribution in [3.05, 3.63) is 11.6 Å². The van der Waals surface area contributed by atoms with Crippen LogP contribution in [0.25, 0.3) is 0 Å². The Bertz CT molecular complexity index is 1850. The zero-order chi connectivity index (χ0) is 49.0. The highest BCUT2D eigenvalue weighted by molar-refractivity contribution is 5.79. The van der Waals surface area contributed by atoms with E-state index in [9.17, 15) is 45.3 Å². The molecule has 16 heteroatoms. The summed E-state index contributed by atoms with van der Waals surface area (Å²) in [4.78, 5) is 27.7. The van der Waals surface area contributed by atoms with Crippen LogP contribution in [0, 0.1) is 56.2 Å². The van der Waals surface area contributed by atoms with Crippen LogP contribution in [0.2, 0.25) is 0 Å². The molecule has 0 radical (unpaired) electrons. The largest absolute Gasteiger partial charge is 0.456 e. The fraction of sp³-hybridized carbons (Fsp3) is 0.922. The van der Waals surface area contributed by atoms with Crippen LogP contribution in [-0.2, 0) is 42.7 Å². The molecule has 0 aromatic carbocycles. The second-order valence-corrected chi connectivity index (χ2v) is 24.6. The van der Waals surface area contributed by atoms with Crippen LogP contribution in [0.15, 0.2) is 11.6 Å². The van der Waals surface area contributed by atoms with Crippen LogP contribution in [0.5, 0.6) is 0 Å². The van der Waals surface area contributed by atoms with E-state index >= 15 is 0 Å². The molecule has 21 atom stereocenters. The van der Waals surface area contributed by atoms with Crippen LogP contribution in [0.3, 0.4) is 0 Å². The quantitative estimate of drug-likeness (QED) is 0.0981. The molecule has 16 nitrogen and oxygen atoms in total. The SMILES string of the molecule is CC(C)CC(=O)OC1C(O)C(C)OC(OC(=O)C23CCC(C)(C)CC2C2=CCC4C5(C)CCC(OC6OCC(O)C(O)C6OC6OCC(O)C(O)C6O)C(C)(C)C5CCC4(C)C2(C)CC3)C1O. The van der Waals surface area contributed by atoms with E-state index in [4.69, 9.17) is 33.2 Å². The Morgan fingerprint density at radius 2 is 1.36 bits per heavy atom. The Morgan fingerprint density at radius 3 is 2.04 bits per heavy atom. The number of hydrogen-bond acceptors (Lipinski definition) is 16. The first-order valence-corrected chi connectivity index (χ1v) is 25.3. The Kier molecular flexibility index (Phi) is 14.1. The standard InChI is InChI=1S/C51H82O16/c1-25(2)21-34(54)65-40-35(55)26(3)63-43(39(40)59)67-45(60)51-19-17-46(4,5)22-28(51)27-11-12-32-48(8)15-14-33(47(6,7)31(48)13-16-50(32,10)49(27,9)18-20-51)64-44-41(37(57)30(53)24-62-44)66-42-38(58)36(56)29(52)23-61-42/h11,25-26,28-33,35-44,52-53,55-59H,12-24H2,1-10H3. The maximum absolute atomic E-state index is 15.0. The molecule has 5 aliphatic carbocycles. The molecule has 7 N–H and O–H groups in total. The van der Waals surface area contributed by atoms with Gasteiger partial charge in [-0.25, -0.2) is 0 Å². The lowest BCUT2D eigenvalue weighted by Crippen LogP contribution is -2.66. The normalized spacial score (nSPS) is 50.4. The Morgan fingerprint density at radius 1 is 0.701 bits per heavy atom. The summed E-state index contributed by atoms with van der Waals surface area (Å²) < 4.78 is 42.1. The number of rotatable bonds is 9. The summed E-state index contributed by atoms with van der Waals surface area (Å²) in [5.41, 5.74) is -0.296. The van der Waals surface area contributed by atoms with Crippen molar-refractivity contribution in [2.45, 2.75) is 226 Å². The second-order valence-electron chi connectivity index (χ2n) is 24.6. The van der Waals surface area contributed by atoms with Crippen molar-refractivity contribution >= 4 is 11.9 Å². The zero-order valence-electron chi connectivity index (χ0n) is 41.5. The summed E-state index contributed by atoms with van der Waals surface area (Å²) in [5, 5.41) is 75.1. The van der Waals surface area contributed by atoms with Crippen LogP contribution in [-0.4, -0.2) is 147 Å². The molecule has 0 aromatic rings. The predicted molar refractivity (Wildman–Crippen MR) is 240 cm³/mol. The van der Waals surface area contributed by atoms with Gasteiger partial charge in [0.05, 0.1) is 30.8 Å². The van der Waals surface area contributed by atoms with Crippen LogP contribution in [0.4, 0.5) is 0 Å².